The van der Waals surface area contributed by atoms with Crippen molar-refractivity contribution in [3.05, 3.63) is 61.9 Å². The molecule has 0 saturated heterocycles. The smallest absolute Gasteiger partial charge is 0.331 e. The van der Waals surface area contributed by atoms with E-state index >= 15 is 0 Å². The number of aromatic hydroxyl groups is 1. The van der Waals surface area contributed by atoms with Crippen LogP contribution in [0.15, 0.2) is 33.9 Å². The molecule has 142 valence electrons. The SMILES string of the molecule is CCCn1c(O)c([C@@H]2c3[nH]c4ccccc4c3CC[NH+]2CC)c(=O)[nH]c1=O. The van der Waals surface area contributed by atoms with E-state index < -0.39 is 11.2 Å². The zero-order valence-corrected chi connectivity index (χ0v) is 15.6. The topological polar surface area (TPSA) is 95.3 Å². The van der Waals surface area contributed by atoms with Crippen LogP contribution < -0.4 is 16.1 Å². The van der Waals surface area contributed by atoms with Crippen LogP contribution in [0.5, 0.6) is 5.88 Å². The van der Waals surface area contributed by atoms with Gasteiger partial charge in [-0.15, -0.1) is 0 Å². The van der Waals surface area contributed by atoms with Crippen LogP contribution >= 0.6 is 0 Å². The Hall–Kier alpha value is -2.80. The molecular weight excluding hydrogens is 344 g/mol. The Labute approximate surface area is 156 Å². The number of fused-ring (bicyclic) bond motifs is 3. The van der Waals surface area contributed by atoms with Crippen molar-refractivity contribution in [1.29, 1.82) is 0 Å². The highest BCUT2D eigenvalue weighted by Crippen LogP contribution is 2.32. The van der Waals surface area contributed by atoms with Gasteiger partial charge in [-0.1, -0.05) is 25.1 Å². The highest BCUT2D eigenvalue weighted by Gasteiger charge is 2.38. The molecule has 7 heteroatoms. The van der Waals surface area contributed by atoms with Crippen LogP contribution in [0.1, 0.15) is 43.1 Å². The van der Waals surface area contributed by atoms with E-state index in [9.17, 15) is 14.7 Å². The first kappa shape index (κ1) is 17.6. The Kier molecular flexibility index (Phi) is 4.39. The van der Waals surface area contributed by atoms with Crippen molar-refractivity contribution in [2.24, 2.45) is 0 Å². The van der Waals surface area contributed by atoms with E-state index in [-0.39, 0.29) is 17.5 Å². The summed E-state index contributed by atoms with van der Waals surface area (Å²) in [6, 6.07) is 7.77. The minimum atomic E-state index is -0.561. The molecule has 0 radical (unpaired) electrons. The predicted molar refractivity (Wildman–Crippen MR) is 103 cm³/mol. The van der Waals surface area contributed by atoms with Gasteiger partial charge in [0.15, 0.2) is 6.04 Å². The summed E-state index contributed by atoms with van der Waals surface area (Å²) < 4.78 is 1.26. The molecule has 0 bridgehead atoms. The van der Waals surface area contributed by atoms with Crippen molar-refractivity contribution in [3.8, 4) is 5.88 Å². The molecule has 7 nitrogen and oxygen atoms in total. The number of hydrogen-bond donors (Lipinski definition) is 4. The third-order valence-corrected chi connectivity index (χ3v) is 5.64. The van der Waals surface area contributed by atoms with Crippen molar-refractivity contribution in [3.63, 3.8) is 0 Å². The maximum atomic E-state index is 12.7. The van der Waals surface area contributed by atoms with Crippen LogP contribution in [0.4, 0.5) is 0 Å². The second kappa shape index (κ2) is 6.74. The first-order valence-corrected chi connectivity index (χ1v) is 9.56. The Bertz CT molecular complexity index is 1110. The zero-order valence-electron chi connectivity index (χ0n) is 15.6. The summed E-state index contributed by atoms with van der Waals surface area (Å²) in [4.78, 5) is 32.0. The zero-order chi connectivity index (χ0) is 19.1. The second-order valence-corrected chi connectivity index (χ2v) is 7.16. The number of nitrogens with zero attached hydrogens (tertiary/aromatic N) is 1. The average molecular weight is 369 g/mol. The number of para-hydroxylation sites is 1. The van der Waals surface area contributed by atoms with Gasteiger partial charge in [-0.25, -0.2) is 4.79 Å². The fraction of sp³-hybridized carbons (Fsp3) is 0.400. The summed E-state index contributed by atoms with van der Waals surface area (Å²) in [5.41, 5.74) is 2.39. The summed E-state index contributed by atoms with van der Waals surface area (Å²) in [6.45, 7) is 6.04. The van der Waals surface area contributed by atoms with E-state index in [1.54, 1.807) is 0 Å². The van der Waals surface area contributed by atoms with E-state index in [1.807, 2.05) is 25.1 Å². The van der Waals surface area contributed by atoms with Gasteiger partial charge in [-0.3, -0.25) is 14.3 Å². The van der Waals surface area contributed by atoms with Gasteiger partial charge in [-0.05, 0) is 25.0 Å². The van der Waals surface area contributed by atoms with Gasteiger partial charge >= 0.3 is 5.69 Å². The highest BCUT2D eigenvalue weighted by atomic mass is 16.3. The van der Waals surface area contributed by atoms with Gasteiger partial charge in [-0.2, -0.15) is 0 Å². The van der Waals surface area contributed by atoms with Gasteiger partial charge < -0.3 is 15.0 Å². The monoisotopic (exact) mass is 369 g/mol. The lowest BCUT2D eigenvalue weighted by Crippen LogP contribution is -3.13. The van der Waals surface area contributed by atoms with Gasteiger partial charge in [0, 0.05) is 23.9 Å². The van der Waals surface area contributed by atoms with E-state index in [4.69, 9.17) is 0 Å². The quantitative estimate of drug-likeness (QED) is 0.545. The molecule has 4 N–H and O–H groups in total. The summed E-state index contributed by atoms with van der Waals surface area (Å²) in [5.74, 6) is -0.215. The third-order valence-electron chi connectivity index (χ3n) is 5.64. The molecule has 0 amide bonds. The Morgan fingerprint density at radius 2 is 2.00 bits per heavy atom. The summed E-state index contributed by atoms with van der Waals surface area (Å²) in [7, 11) is 0. The van der Waals surface area contributed by atoms with Gasteiger partial charge in [0.2, 0.25) is 5.88 Å². The van der Waals surface area contributed by atoms with Gasteiger partial charge in [0.1, 0.15) is 5.56 Å². The normalized spacial score (nSPS) is 19.3. The van der Waals surface area contributed by atoms with Crippen molar-refractivity contribution in [2.75, 3.05) is 13.1 Å². The third kappa shape index (κ3) is 2.70. The van der Waals surface area contributed by atoms with Crippen LogP contribution in [0.25, 0.3) is 10.9 Å². The van der Waals surface area contributed by atoms with E-state index in [0.29, 0.717) is 13.0 Å². The Morgan fingerprint density at radius 1 is 1.22 bits per heavy atom. The number of likely N-dealkylation sites (N-methyl/N-ethyl adjacent to an activating group) is 1. The number of aromatic nitrogens is 3. The molecule has 0 aliphatic carbocycles. The van der Waals surface area contributed by atoms with Crippen LogP contribution in [-0.2, 0) is 13.0 Å². The maximum absolute atomic E-state index is 12.7. The predicted octanol–water partition coefficient (Wildman–Crippen LogP) is 0.684. The number of nitrogens with one attached hydrogen (secondary N) is 3. The number of H-pyrrole nitrogens is 2. The molecule has 1 aliphatic rings. The van der Waals surface area contributed by atoms with Crippen molar-refractivity contribution in [2.45, 2.75) is 39.3 Å². The number of aromatic amines is 2. The van der Waals surface area contributed by atoms with E-state index in [2.05, 4.69) is 23.0 Å². The number of quaternary nitrogens is 1. The molecule has 1 aromatic carbocycles. The highest BCUT2D eigenvalue weighted by molar-refractivity contribution is 5.85. The van der Waals surface area contributed by atoms with Gasteiger partial charge in [0.25, 0.3) is 5.56 Å². The lowest BCUT2D eigenvalue weighted by atomic mass is 9.93. The van der Waals surface area contributed by atoms with E-state index in [0.717, 1.165) is 36.1 Å². The summed E-state index contributed by atoms with van der Waals surface area (Å²) in [5, 5.41) is 12.0. The van der Waals surface area contributed by atoms with E-state index in [1.165, 1.54) is 15.0 Å². The largest absolute Gasteiger partial charge is 0.494 e. The molecule has 0 fully saturated rings. The fourth-order valence-electron chi connectivity index (χ4n) is 4.37. The molecule has 3 heterocycles. The van der Waals surface area contributed by atoms with Crippen LogP contribution in [0.2, 0.25) is 0 Å². The van der Waals surface area contributed by atoms with Crippen LogP contribution in [-0.4, -0.2) is 32.7 Å². The average Bonchev–Trinajstić information content (AvgIpc) is 3.04. The van der Waals surface area contributed by atoms with Crippen molar-refractivity contribution < 1.29 is 10.0 Å². The first-order valence-electron chi connectivity index (χ1n) is 9.56. The van der Waals surface area contributed by atoms with Crippen LogP contribution in [0, 0.1) is 0 Å². The lowest BCUT2D eigenvalue weighted by molar-refractivity contribution is -0.926. The van der Waals surface area contributed by atoms with Crippen molar-refractivity contribution >= 4 is 10.9 Å². The fourth-order valence-corrected chi connectivity index (χ4v) is 4.37. The number of rotatable bonds is 4. The summed E-state index contributed by atoms with van der Waals surface area (Å²) in [6.07, 6.45) is 1.60. The standard InChI is InChI=1S/C20H24N4O3/c1-3-10-24-19(26)15(18(25)22-20(24)27)17-16-13(9-11-23(17)4-2)12-7-5-6-8-14(12)21-16/h5-8,17,21,26H,3-4,9-11H2,1-2H3,(H,22,25,27)/p+1/t17-/m1/s1. The molecule has 3 aromatic rings. The molecule has 27 heavy (non-hydrogen) atoms. The Balaban J connectivity index is 1.99. The molecule has 2 atom stereocenters. The molecule has 4 rings (SSSR count). The molecular formula is C20H25N4O3+. The number of hydrogen-bond acceptors (Lipinski definition) is 3. The minimum Gasteiger partial charge on any atom is -0.494 e. The van der Waals surface area contributed by atoms with Crippen LogP contribution in [0.3, 0.4) is 0 Å². The lowest BCUT2D eigenvalue weighted by Gasteiger charge is -2.32. The van der Waals surface area contributed by atoms with Crippen molar-refractivity contribution in [1.82, 2.24) is 14.5 Å². The molecule has 1 unspecified atom stereocenters. The molecule has 2 aromatic heterocycles. The second-order valence-electron chi connectivity index (χ2n) is 7.16. The molecule has 1 aliphatic heterocycles. The first-order chi connectivity index (χ1) is 13.1. The minimum absolute atomic E-state index is 0.215. The van der Waals surface area contributed by atoms with Gasteiger partial charge in [0.05, 0.1) is 18.8 Å². The maximum Gasteiger partial charge on any atom is 0.331 e. The summed E-state index contributed by atoms with van der Waals surface area (Å²) >= 11 is 0. The molecule has 0 spiro atoms. The Morgan fingerprint density at radius 3 is 2.74 bits per heavy atom. The molecule has 0 saturated carbocycles. The number of benzene rings is 1.